The van der Waals surface area contributed by atoms with Gasteiger partial charge in [0.2, 0.25) is 0 Å². The molecule has 0 aromatic heterocycles. The molecule has 0 amide bonds. The molecule has 0 fully saturated rings. The van der Waals surface area contributed by atoms with Crippen LogP contribution in [-0.4, -0.2) is 36.8 Å². The number of likely N-dealkylation sites (N-methyl/N-ethyl adjacent to an activating group) is 1. The van der Waals surface area contributed by atoms with Gasteiger partial charge in [0.1, 0.15) is 12.4 Å². The summed E-state index contributed by atoms with van der Waals surface area (Å²) in [5.74, 6) is 0.760. The quantitative estimate of drug-likeness (QED) is 0.814. The van der Waals surface area contributed by atoms with Crippen LogP contribution in [0.15, 0.2) is 54.6 Å². The monoisotopic (exact) mass is 310 g/mol. The molecule has 0 saturated heterocycles. The van der Waals surface area contributed by atoms with Gasteiger partial charge in [-0.2, -0.15) is 5.26 Å². The number of hydrogen-bond acceptors (Lipinski definition) is 4. The third kappa shape index (κ3) is 5.10. The second-order valence-corrected chi connectivity index (χ2v) is 5.40. The molecule has 4 heteroatoms. The first kappa shape index (κ1) is 17.0. The van der Waals surface area contributed by atoms with Crippen molar-refractivity contribution in [3.63, 3.8) is 0 Å². The third-order valence-corrected chi connectivity index (χ3v) is 3.82. The Morgan fingerprint density at radius 2 is 1.83 bits per heavy atom. The van der Waals surface area contributed by atoms with Crippen molar-refractivity contribution < 1.29 is 9.84 Å². The predicted octanol–water partition coefficient (Wildman–Crippen LogP) is 2.99. The van der Waals surface area contributed by atoms with E-state index in [1.165, 1.54) is 5.56 Å². The van der Waals surface area contributed by atoms with E-state index < -0.39 is 0 Å². The molecular weight excluding hydrogens is 288 g/mol. The van der Waals surface area contributed by atoms with Gasteiger partial charge in [0.25, 0.3) is 0 Å². The molecule has 2 aromatic rings. The lowest BCUT2D eigenvalue weighted by atomic mass is 10.0. The van der Waals surface area contributed by atoms with Crippen LogP contribution in [0, 0.1) is 11.3 Å². The van der Waals surface area contributed by atoms with Crippen LogP contribution in [0.2, 0.25) is 0 Å². The highest BCUT2D eigenvalue weighted by Gasteiger charge is 2.16. The van der Waals surface area contributed by atoms with Crippen molar-refractivity contribution >= 4 is 0 Å². The number of aliphatic hydroxyl groups is 1. The SMILES string of the molecule is CN(CCOc1ccc(C#N)cc1)C(CCO)c1ccccc1. The van der Waals surface area contributed by atoms with E-state index in [1.54, 1.807) is 24.3 Å². The van der Waals surface area contributed by atoms with Crippen molar-refractivity contribution in [1.29, 1.82) is 5.26 Å². The maximum Gasteiger partial charge on any atom is 0.119 e. The lowest BCUT2D eigenvalue weighted by Crippen LogP contribution is -2.29. The number of hydrogen-bond donors (Lipinski definition) is 1. The number of aliphatic hydroxyl groups excluding tert-OH is 1. The van der Waals surface area contributed by atoms with E-state index in [-0.39, 0.29) is 12.6 Å². The summed E-state index contributed by atoms with van der Waals surface area (Å²) in [6.45, 7) is 1.46. The van der Waals surface area contributed by atoms with E-state index >= 15 is 0 Å². The fourth-order valence-corrected chi connectivity index (χ4v) is 2.53. The average Bonchev–Trinajstić information content (AvgIpc) is 2.61. The van der Waals surface area contributed by atoms with E-state index in [0.717, 1.165) is 12.3 Å². The second-order valence-electron chi connectivity index (χ2n) is 5.40. The summed E-state index contributed by atoms with van der Waals surface area (Å²) in [6.07, 6.45) is 0.692. The molecule has 0 aliphatic rings. The van der Waals surface area contributed by atoms with Crippen LogP contribution < -0.4 is 4.74 Å². The van der Waals surface area contributed by atoms with E-state index in [0.29, 0.717) is 18.6 Å². The van der Waals surface area contributed by atoms with E-state index in [1.807, 2.05) is 25.2 Å². The van der Waals surface area contributed by atoms with Crippen LogP contribution in [0.3, 0.4) is 0 Å². The number of nitriles is 1. The Balaban J connectivity index is 1.88. The van der Waals surface area contributed by atoms with Gasteiger partial charge in [-0.15, -0.1) is 0 Å². The molecule has 1 N–H and O–H groups in total. The van der Waals surface area contributed by atoms with Crippen molar-refractivity contribution in [3.8, 4) is 11.8 Å². The van der Waals surface area contributed by atoms with Crippen molar-refractivity contribution in [2.45, 2.75) is 12.5 Å². The molecule has 1 atom stereocenters. The van der Waals surface area contributed by atoms with Gasteiger partial charge in [0, 0.05) is 19.2 Å². The summed E-state index contributed by atoms with van der Waals surface area (Å²) in [5.41, 5.74) is 1.82. The van der Waals surface area contributed by atoms with Crippen molar-refractivity contribution in [3.05, 3.63) is 65.7 Å². The molecule has 0 aliphatic carbocycles. The Morgan fingerprint density at radius 1 is 1.13 bits per heavy atom. The van der Waals surface area contributed by atoms with Crippen LogP contribution in [-0.2, 0) is 0 Å². The highest BCUT2D eigenvalue weighted by molar-refractivity contribution is 5.34. The largest absolute Gasteiger partial charge is 0.492 e. The van der Waals surface area contributed by atoms with Crippen LogP contribution in [0.1, 0.15) is 23.6 Å². The van der Waals surface area contributed by atoms with Crippen molar-refractivity contribution in [2.75, 3.05) is 26.8 Å². The number of ether oxygens (including phenoxy) is 1. The van der Waals surface area contributed by atoms with Gasteiger partial charge in [0.05, 0.1) is 11.6 Å². The summed E-state index contributed by atoms with van der Waals surface area (Å²) >= 11 is 0. The Kier molecular flexibility index (Phi) is 6.61. The first-order valence-corrected chi connectivity index (χ1v) is 7.73. The minimum Gasteiger partial charge on any atom is -0.492 e. The second kappa shape index (κ2) is 8.94. The van der Waals surface area contributed by atoms with Gasteiger partial charge in [-0.05, 0) is 43.3 Å². The van der Waals surface area contributed by atoms with Gasteiger partial charge in [-0.3, -0.25) is 4.90 Å². The zero-order valence-corrected chi connectivity index (χ0v) is 13.4. The van der Waals surface area contributed by atoms with Gasteiger partial charge < -0.3 is 9.84 Å². The Labute approximate surface area is 137 Å². The average molecular weight is 310 g/mol. The van der Waals surface area contributed by atoms with E-state index in [9.17, 15) is 5.11 Å². The highest BCUT2D eigenvalue weighted by atomic mass is 16.5. The Hall–Kier alpha value is -2.35. The van der Waals surface area contributed by atoms with Crippen LogP contribution in [0.5, 0.6) is 5.75 Å². The Bertz CT molecular complexity index is 620. The molecular formula is C19H22N2O2. The Morgan fingerprint density at radius 3 is 2.43 bits per heavy atom. The highest BCUT2D eigenvalue weighted by Crippen LogP contribution is 2.22. The zero-order valence-electron chi connectivity index (χ0n) is 13.4. The van der Waals surface area contributed by atoms with Gasteiger partial charge in [0.15, 0.2) is 0 Å². The van der Waals surface area contributed by atoms with Gasteiger partial charge in [-0.1, -0.05) is 30.3 Å². The normalized spacial score (nSPS) is 11.9. The van der Waals surface area contributed by atoms with E-state index in [4.69, 9.17) is 10.00 Å². The fraction of sp³-hybridized carbons (Fsp3) is 0.316. The molecule has 1 unspecified atom stereocenters. The van der Waals surface area contributed by atoms with Crippen LogP contribution in [0.4, 0.5) is 0 Å². The number of nitrogens with zero attached hydrogens (tertiary/aromatic N) is 2. The maximum absolute atomic E-state index is 9.32. The third-order valence-electron chi connectivity index (χ3n) is 3.82. The molecule has 2 aromatic carbocycles. The molecule has 0 heterocycles. The smallest absolute Gasteiger partial charge is 0.119 e. The van der Waals surface area contributed by atoms with E-state index in [2.05, 4.69) is 23.1 Å². The molecule has 2 rings (SSSR count). The standard InChI is InChI=1S/C19H22N2O2/c1-21(19(11-13-22)17-5-3-2-4-6-17)12-14-23-18-9-7-16(15-20)8-10-18/h2-10,19,22H,11-14H2,1H3. The summed E-state index contributed by atoms with van der Waals surface area (Å²) in [6, 6.07) is 19.6. The van der Waals surface area contributed by atoms with Gasteiger partial charge >= 0.3 is 0 Å². The van der Waals surface area contributed by atoms with Crippen LogP contribution >= 0.6 is 0 Å². The number of rotatable bonds is 8. The summed E-state index contributed by atoms with van der Waals surface area (Å²) in [7, 11) is 2.04. The molecule has 0 bridgehead atoms. The predicted molar refractivity (Wildman–Crippen MR) is 90.2 cm³/mol. The summed E-state index contributed by atoms with van der Waals surface area (Å²) in [4.78, 5) is 2.19. The molecule has 4 nitrogen and oxygen atoms in total. The topological polar surface area (TPSA) is 56.5 Å². The molecule has 23 heavy (non-hydrogen) atoms. The first-order valence-electron chi connectivity index (χ1n) is 7.73. The minimum absolute atomic E-state index is 0.153. The van der Waals surface area contributed by atoms with Gasteiger partial charge in [-0.25, -0.2) is 0 Å². The summed E-state index contributed by atoms with van der Waals surface area (Å²) in [5, 5.41) is 18.1. The molecule has 120 valence electrons. The fourth-order valence-electron chi connectivity index (χ4n) is 2.53. The van der Waals surface area contributed by atoms with Crippen LogP contribution in [0.25, 0.3) is 0 Å². The molecule has 0 spiro atoms. The minimum atomic E-state index is 0.153. The van der Waals surface area contributed by atoms with Crippen molar-refractivity contribution in [1.82, 2.24) is 4.90 Å². The maximum atomic E-state index is 9.32. The summed E-state index contributed by atoms with van der Waals surface area (Å²) < 4.78 is 5.73. The molecule has 0 radical (unpaired) electrons. The molecule has 0 saturated carbocycles. The molecule has 0 aliphatic heterocycles. The lowest BCUT2D eigenvalue weighted by molar-refractivity contribution is 0.160. The number of benzene rings is 2. The first-order chi connectivity index (χ1) is 11.2. The zero-order chi connectivity index (χ0) is 16.5. The van der Waals surface area contributed by atoms with Crippen molar-refractivity contribution in [2.24, 2.45) is 0 Å². The lowest BCUT2D eigenvalue weighted by Gasteiger charge is -2.28.